The summed E-state index contributed by atoms with van der Waals surface area (Å²) in [5.41, 5.74) is 0.382. The molecule has 1 heterocycles. The molecule has 2 N–H and O–H groups in total. The van der Waals surface area contributed by atoms with E-state index in [-0.39, 0.29) is 18.5 Å². The number of nitrogens with one attached hydrogen (secondary N) is 1. The average molecular weight is 298 g/mol. The number of halogens is 2. The second kappa shape index (κ2) is 7.82. The summed E-state index contributed by atoms with van der Waals surface area (Å²) in [5.74, 6) is -0.217. The largest absolute Gasteiger partial charge is 0.395 e. The Bertz CT molecular complexity index is 448. The fourth-order valence-corrected chi connectivity index (χ4v) is 2.86. The number of piperidine rings is 1. The minimum Gasteiger partial charge on any atom is -0.395 e. The zero-order chi connectivity index (χ0) is 15.2. The summed E-state index contributed by atoms with van der Waals surface area (Å²) in [4.78, 5) is 2.26. The Morgan fingerprint density at radius 2 is 2.05 bits per heavy atom. The number of likely N-dealkylation sites (tertiary alicyclic amines) is 1. The standard InChI is InChI=1S/C16H24F2N2O/c1-12(15-10-14(17)2-3-16(15)18)19-11-13-4-6-20(7-5-13)8-9-21/h2-3,10,12-13,19,21H,4-9,11H2,1H3/t12-/m0/s1. The Morgan fingerprint density at radius 1 is 1.33 bits per heavy atom. The van der Waals surface area contributed by atoms with Gasteiger partial charge in [0.15, 0.2) is 0 Å². The second-order valence-electron chi connectivity index (χ2n) is 5.80. The molecule has 0 unspecified atom stereocenters. The van der Waals surface area contributed by atoms with Gasteiger partial charge in [-0.3, -0.25) is 0 Å². The van der Waals surface area contributed by atoms with Gasteiger partial charge in [-0.2, -0.15) is 0 Å². The zero-order valence-corrected chi connectivity index (χ0v) is 12.5. The molecule has 3 nitrogen and oxygen atoms in total. The van der Waals surface area contributed by atoms with Gasteiger partial charge in [-0.05, 0) is 63.5 Å². The van der Waals surface area contributed by atoms with Gasteiger partial charge in [-0.15, -0.1) is 0 Å². The molecule has 0 aromatic heterocycles. The first kappa shape index (κ1) is 16.3. The number of benzene rings is 1. The van der Waals surface area contributed by atoms with Crippen LogP contribution >= 0.6 is 0 Å². The summed E-state index contributed by atoms with van der Waals surface area (Å²) >= 11 is 0. The number of aliphatic hydroxyl groups is 1. The second-order valence-corrected chi connectivity index (χ2v) is 5.80. The normalized spacial score (nSPS) is 18.9. The number of hydrogen-bond donors (Lipinski definition) is 2. The van der Waals surface area contributed by atoms with Gasteiger partial charge in [-0.25, -0.2) is 8.78 Å². The lowest BCUT2D eigenvalue weighted by atomic mass is 9.96. The molecule has 1 aromatic carbocycles. The van der Waals surface area contributed by atoms with Gasteiger partial charge in [0.05, 0.1) is 6.61 Å². The maximum absolute atomic E-state index is 13.7. The number of β-amino-alcohol motifs (C(OH)–C–C–N with tert-alkyl or cyclic N) is 1. The average Bonchev–Trinajstić information content (AvgIpc) is 2.49. The molecule has 0 saturated carbocycles. The summed E-state index contributed by atoms with van der Waals surface area (Å²) in [6.45, 7) is 5.61. The third-order valence-electron chi connectivity index (χ3n) is 4.26. The van der Waals surface area contributed by atoms with E-state index in [1.807, 2.05) is 6.92 Å². The monoisotopic (exact) mass is 298 g/mol. The van der Waals surface area contributed by atoms with Crippen LogP contribution in [0.25, 0.3) is 0 Å². The van der Waals surface area contributed by atoms with E-state index in [2.05, 4.69) is 10.2 Å². The van der Waals surface area contributed by atoms with Crippen LogP contribution in [0.2, 0.25) is 0 Å². The molecular formula is C16H24F2N2O. The molecule has 1 aromatic rings. The fraction of sp³-hybridized carbons (Fsp3) is 0.625. The van der Waals surface area contributed by atoms with Crippen LogP contribution < -0.4 is 5.32 Å². The maximum atomic E-state index is 13.7. The molecule has 2 rings (SSSR count). The van der Waals surface area contributed by atoms with Crippen molar-refractivity contribution >= 4 is 0 Å². The van der Waals surface area contributed by atoms with Crippen molar-refractivity contribution in [1.82, 2.24) is 10.2 Å². The van der Waals surface area contributed by atoms with Crippen molar-refractivity contribution in [2.45, 2.75) is 25.8 Å². The first-order chi connectivity index (χ1) is 10.1. The van der Waals surface area contributed by atoms with Gasteiger partial charge >= 0.3 is 0 Å². The molecule has 0 bridgehead atoms. The highest BCUT2D eigenvalue weighted by atomic mass is 19.1. The predicted octanol–water partition coefficient (Wildman–Crippen LogP) is 2.32. The lowest BCUT2D eigenvalue weighted by Crippen LogP contribution is -2.39. The van der Waals surface area contributed by atoms with Gasteiger partial charge < -0.3 is 15.3 Å². The smallest absolute Gasteiger partial charge is 0.128 e. The molecule has 1 fully saturated rings. The maximum Gasteiger partial charge on any atom is 0.128 e. The molecule has 5 heteroatoms. The van der Waals surface area contributed by atoms with Crippen LogP contribution in [0.1, 0.15) is 31.4 Å². The van der Waals surface area contributed by atoms with E-state index in [1.54, 1.807) is 0 Å². The highest BCUT2D eigenvalue weighted by molar-refractivity contribution is 5.21. The van der Waals surface area contributed by atoms with Crippen LogP contribution in [0.4, 0.5) is 8.78 Å². The summed E-state index contributed by atoms with van der Waals surface area (Å²) in [5, 5.41) is 12.2. The summed E-state index contributed by atoms with van der Waals surface area (Å²) < 4.78 is 26.9. The summed E-state index contributed by atoms with van der Waals surface area (Å²) in [6.07, 6.45) is 2.15. The first-order valence-corrected chi connectivity index (χ1v) is 7.61. The zero-order valence-electron chi connectivity index (χ0n) is 12.5. The van der Waals surface area contributed by atoms with Gasteiger partial charge in [0.2, 0.25) is 0 Å². The molecule has 0 spiro atoms. The lowest BCUT2D eigenvalue weighted by Gasteiger charge is -2.32. The van der Waals surface area contributed by atoms with E-state index < -0.39 is 5.82 Å². The quantitative estimate of drug-likeness (QED) is 0.846. The Labute approximate surface area is 125 Å². The van der Waals surface area contributed by atoms with Crippen LogP contribution in [0.15, 0.2) is 18.2 Å². The molecular weight excluding hydrogens is 274 g/mol. The third-order valence-corrected chi connectivity index (χ3v) is 4.26. The van der Waals surface area contributed by atoms with Gasteiger partial charge in [0, 0.05) is 18.2 Å². The van der Waals surface area contributed by atoms with Crippen molar-refractivity contribution in [2.75, 3.05) is 32.8 Å². The highest BCUT2D eigenvalue weighted by Gasteiger charge is 2.20. The molecule has 1 atom stereocenters. The minimum absolute atomic E-state index is 0.198. The first-order valence-electron chi connectivity index (χ1n) is 7.61. The van der Waals surface area contributed by atoms with E-state index in [4.69, 9.17) is 5.11 Å². The summed E-state index contributed by atoms with van der Waals surface area (Å²) in [7, 11) is 0. The van der Waals surface area contributed by atoms with E-state index in [0.29, 0.717) is 11.5 Å². The Kier molecular flexibility index (Phi) is 6.08. The van der Waals surface area contributed by atoms with E-state index >= 15 is 0 Å². The molecule has 0 aliphatic carbocycles. The van der Waals surface area contributed by atoms with Crippen LogP contribution in [0.5, 0.6) is 0 Å². The molecule has 1 aliphatic rings. The number of aliphatic hydroxyl groups excluding tert-OH is 1. The Balaban J connectivity index is 1.79. The van der Waals surface area contributed by atoms with Crippen molar-refractivity contribution in [3.8, 4) is 0 Å². The fourth-order valence-electron chi connectivity index (χ4n) is 2.86. The van der Waals surface area contributed by atoms with E-state index in [1.165, 1.54) is 12.1 Å². The molecule has 21 heavy (non-hydrogen) atoms. The van der Waals surface area contributed by atoms with Gasteiger partial charge in [0.25, 0.3) is 0 Å². The van der Waals surface area contributed by atoms with Crippen molar-refractivity contribution in [3.05, 3.63) is 35.4 Å². The Hall–Kier alpha value is -1.04. The number of rotatable bonds is 6. The number of nitrogens with zero attached hydrogens (tertiary/aromatic N) is 1. The van der Waals surface area contributed by atoms with Crippen molar-refractivity contribution < 1.29 is 13.9 Å². The van der Waals surface area contributed by atoms with Gasteiger partial charge in [-0.1, -0.05) is 0 Å². The Morgan fingerprint density at radius 3 is 2.71 bits per heavy atom. The number of hydrogen-bond acceptors (Lipinski definition) is 3. The SMILES string of the molecule is C[C@H](NCC1CCN(CCO)CC1)c1cc(F)ccc1F. The summed E-state index contributed by atoms with van der Waals surface area (Å²) in [6, 6.07) is 3.38. The van der Waals surface area contributed by atoms with E-state index in [0.717, 1.165) is 45.1 Å². The predicted molar refractivity (Wildman–Crippen MR) is 79.0 cm³/mol. The van der Waals surface area contributed by atoms with Crippen molar-refractivity contribution in [3.63, 3.8) is 0 Å². The van der Waals surface area contributed by atoms with Crippen LogP contribution in [-0.4, -0.2) is 42.8 Å². The third kappa shape index (κ3) is 4.73. The van der Waals surface area contributed by atoms with E-state index in [9.17, 15) is 8.78 Å². The van der Waals surface area contributed by atoms with Crippen LogP contribution in [0, 0.1) is 17.6 Å². The molecule has 1 saturated heterocycles. The molecule has 1 aliphatic heterocycles. The molecule has 0 radical (unpaired) electrons. The minimum atomic E-state index is -0.405. The topological polar surface area (TPSA) is 35.5 Å². The van der Waals surface area contributed by atoms with Crippen LogP contribution in [-0.2, 0) is 0 Å². The lowest BCUT2D eigenvalue weighted by molar-refractivity contribution is 0.145. The van der Waals surface area contributed by atoms with Crippen molar-refractivity contribution in [1.29, 1.82) is 0 Å². The van der Waals surface area contributed by atoms with Gasteiger partial charge in [0.1, 0.15) is 11.6 Å². The van der Waals surface area contributed by atoms with Crippen molar-refractivity contribution in [2.24, 2.45) is 5.92 Å². The molecule has 0 amide bonds. The molecule has 118 valence electrons. The van der Waals surface area contributed by atoms with Crippen LogP contribution in [0.3, 0.4) is 0 Å². The highest BCUT2D eigenvalue weighted by Crippen LogP contribution is 2.20.